The SMILES string of the molecule is Cc1ccc(OCC(=O)N2CCN(S(C)(=O)=O)CC2)c(C(C)(C)C)c1. The van der Waals surface area contributed by atoms with Crippen LogP contribution in [-0.2, 0) is 20.2 Å². The van der Waals surface area contributed by atoms with Crippen molar-refractivity contribution in [2.45, 2.75) is 33.1 Å². The van der Waals surface area contributed by atoms with Crippen molar-refractivity contribution in [1.29, 1.82) is 0 Å². The number of sulfonamides is 1. The largest absolute Gasteiger partial charge is 0.483 e. The van der Waals surface area contributed by atoms with Gasteiger partial charge in [-0.1, -0.05) is 38.5 Å². The van der Waals surface area contributed by atoms with Gasteiger partial charge in [-0.3, -0.25) is 4.79 Å². The van der Waals surface area contributed by atoms with Crippen molar-refractivity contribution in [3.63, 3.8) is 0 Å². The van der Waals surface area contributed by atoms with E-state index in [-0.39, 0.29) is 17.9 Å². The van der Waals surface area contributed by atoms with E-state index < -0.39 is 10.0 Å². The predicted octanol–water partition coefficient (Wildman–Crippen LogP) is 1.78. The van der Waals surface area contributed by atoms with Crippen molar-refractivity contribution in [3.05, 3.63) is 29.3 Å². The summed E-state index contributed by atoms with van der Waals surface area (Å²) in [5.41, 5.74) is 2.15. The van der Waals surface area contributed by atoms with Crippen LogP contribution in [0.25, 0.3) is 0 Å². The molecule has 25 heavy (non-hydrogen) atoms. The molecule has 0 aromatic heterocycles. The second-order valence-corrected chi connectivity index (χ2v) is 9.56. The van der Waals surface area contributed by atoms with E-state index in [1.54, 1.807) is 4.90 Å². The summed E-state index contributed by atoms with van der Waals surface area (Å²) in [4.78, 5) is 14.0. The van der Waals surface area contributed by atoms with Gasteiger partial charge in [0.15, 0.2) is 6.61 Å². The third-order valence-corrected chi connectivity index (χ3v) is 5.66. The normalized spacial score (nSPS) is 16.8. The van der Waals surface area contributed by atoms with Crippen LogP contribution in [-0.4, -0.2) is 62.6 Å². The molecule has 7 heteroatoms. The highest BCUT2D eigenvalue weighted by Crippen LogP contribution is 2.32. The van der Waals surface area contributed by atoms with Crippen molar-refractivity contribution in [2.24, 2.45) is 0 Å². The van der Waals surface area contributed by atoms with Crippen molar-refractivity contribution < 1.29 is 17.9 Å². The number of hydrogen-bond donors (Lipinski definition) is 0. The van der Waals surface area contributed by atoms with Crippen molar-refractivity contribution in [3.8, 4) is 5.75 Å². The second kappa shape index (κ2) is 7.33. The smallest absolute Gasteiger partial charge is 0.260 e. The predicted molar refractivity (Wildman–Crippen MR) is 98.4 cm³/mol. The molecule has 0 saturated carbocycles. The molecule has 1 amide bonds. The Balaban J connectivity index is 1.98. The van der Waals surface area contributed by atoms with Gasteiger partial charge in [0.1, 0.15) is 5.75 Å². The number of piperazine rings is 1. The Hall–Kier alpha value is -1.60. The van der Waals surface area contributed by atoms with Crippen LogP contribution in [0.5, 0.6) is 5.75 Å². The van der Waals surface area contributed by atoms with Crippen LogP contribution in [0.3, 0.4) is 0 Å². The summed E-state index contributed by atoms with van der Waals surface area (Å²) < 4.78 is 30.3. The molecule has 0 spiro atoms. The number of nitrogens with zero attached hydrogens (tertiary/aromatic N) is 2. The number of amides is 1. The molecular weight excluding hydrogens is 340 g/mol. The monoisotopic (exact) mass is 368 g/mol. The quantitative estimate of drug-likeness (QED) is 0.812. The number of carbonyl (C=O) groups is 1. The molecule has 1 aromatic rings. The molecule has 1 aliphatic rings. The van der Waals surface area contributed by atoms with Crippen LogP contribution in [0.15, 0.2) is 18.2 Å². The summed E-state index contributed by atoms with van der Waals surface area (Å²) in [6.45, 7) is 9.80. The average molecular weight is 368 g/mol. The summed E-state index contributed by atoms with van der Waals surface area (Å²) in [5, 5.41) is 0. The molecular formula is C18H28N2O4S. The van der Waals surface area contributed by atoms with E-state index in [4.69, 9.17) is 4.74 Å². The van der Waals surface area contributed by atoms with Crippen LogP contribution in [0.2, 0.25) is 0 Å². The maximum atomic E-state index is 12.4. The zero-order valence-corrected chi connectivity index (χ0v) is 16.5. The standard InChI is InChI=1S/C18H28N2O4S/c1-14-6-7-16(15(12-14)18(2,3)4)24-13-17(21)19-8-10-20(11-9-19)25(5,22)23/h6-7,12H,8-11,13H2,1-5H3. The average Bonchev–Trinajstić information content (AvgIpc) is 2.51. The Morgan fingerprint density at radius 3 is 2.28 bits per heavy atom. The minimum atomic E-state index is -3.19. The zero-order valence-electron chi connectivity index (χ0n) is 15.7. The lowest BCUT2D eigenvalue weighted by Crippen LogP contribution is -2.51. The van der Waals surface area contributed by atoms with E-state index in [1.807, 2.05) is 19.1 Å². The Labute approximate surface area is 150 Å². The fourth-order valence-corrected chi connectivity index (χ4v) is 3.68. The van der Waals surface area contributed by atoms with Crippen molar-refractivity contribution in [1.82, 2.24) is 9.21 Å². The highest BCUT2D eigenvalue weighted by molar-refractivity contribution is 7.88. The summed E-state index contributed by atoms with van der Waals surface area (Å²) in [6, 6.07) is 5.97. The Morgan fingerprint density at radius 1 is 1.16 bits per heavy atom. The van der Waals surface area contributed by atoms with Crippen LogP contribution in [0.1, 0.15) is 31.9 Å². The van der Waals surface area contributed by atoms with Gasteiger partial charge in [-0.25, -0.2) is 8.42 Å². The first kappa shape index (κ1) is 19.7. The number of hydrogen-bond acceptors (Lipinski definition) is 4. The molecule has 0 aliphatic carbocycles. The first-order valence-corrected chi connectivity index (χ1v) is 10.3. The molecule has 6 nitrogen and oxygen atoms in total. The summed E-state index contributed by atoms with van der Waals surface area (Å²) >= 11 is 0. The van der Waals surface area contributed by atoms with Gasteiger partial charge in [-0.2, -0.15) is 4.31 Å². The lowest BCUT2D eigenvalue weighted by molar-refractivity contribution is -0.134. The van der Waals surface area contributed by atoms with Gasteiger partial charge in [0, 0.05) is 26.2 Å². The third kappa shape index (κ3) is 5.19. The molecule has 140 valence electrons. The van der Waals surface area contributed by atoms with Gasteiger partial charge in [-0.15, -0.1) is 0 Å². The van der Waals surface area contributed by atoms with Gasteiger partial charge < -0.3 is 9.64 Å². The van der Waals surface area contributed by atoms with Gasteiger partial charge in [0.05, 0.1) is 6.26 Å². The fraction of sp³-hybridized carbons (Fsp3) is 0.611. The molecule has 1 saturated heterocycles. The van der Waals surface area contributed by atoms with E-state index in [0.717, 1.165) is 16.9 Å². The maximum Gasteiger partial charge on any atom is 0.260 e. The molecule has 1 fully saturated rings. The third-order valence-electron chi connectivity index (χ3n) is 4.35. The highest BCUT2D eigenvalue weighted by Gasteiger charge is 2.26. The minimum absolute atomic E-state index is 0.0367. The van der Waals surface area contributed by atoms with Crippen LogP contribution in [0.4, 0.5) is 0 Å². The molecule has 0 N–H and O–H groups in total. The van der Waals surface area contributed by atoms with E-state index in [0.29, 0.717) is 26.2 Å². The summed E-state index contributed by atoms with van der Waals surface area (Å²) in [7, 11) is -3.19. The van der Waals surface area contributed by atoms with Crippen LogP contribution < -0.4 is 4.74 Å². The number of carbonyl (C=O) groups excluding carboxylic acids is 1. The van der Waals surface area contributed by atoms with Crippen molar-refractivity contribution in [2.75, 3.05) is 39.0 Å². The first-order valence-electron chi connectivity index (χ1n) is 8.45. The lowest BCUT2D eigenvalue weighted by Gasteiger charge is -2.33. The number of benzene rings is 1. The molecule has 1 heterocycles. The topological polar surface area (TPSA) is 66.9 Å². The van der Waals surface area contributed by atoms with Gasteiger partial charge in [0.25, 0.3) is 5.91 Å². The number of aryl methyl sites for hydroxylation is 1. The second-order valence-electron chi connectivity index (χ2n) is 7.58. The van der Waals surface area contributed by atoms with Crippen LogP contribution in [0, 0.1) is 6.92 Å². The zero-order chi connectivity index (χ0) is 18.8. The molecule has 0 bridgehead atoms. The van der Waals surface area contributed by atoms with Crippen molar-refractivity contribution >= 4 is 15.9 Å². The summed E-state index contributed by atoms with van der Waals surface area (Å²) in [5.74, 6) is 0.606. The summed E-state index contributed by atoms with van der Waals surface area (Å²) in [6.07, 6.45) is 1.19. The fourth-order valence-electron chi connectivity index (χ4n) is 2.86. The Kier molecular flexibility index (Phi) is 5.79. The minimum Gasteiger partial charge on any atom is -0.483 e. The van der Waals surface area contributed by atoms with Gasteiger partial charge in [-0.05, 0) is 24.0 Å². The highest BCUT2D eigenvalue weighted by atomic mass is 32.2. The van der Waals surface area contributed by atoms with Gasteiger partial charge >= 0.3 is 0 Å². The Morgan fingerprint density at radius 2 is 1.76 bits per heavy atom. The van der Waals surface area contributed by atoms with E-state index in [1.165, 1.54) is 10.6 Å². The first-order chi connectivity index (χ1) is 11.5. The lowest BCUT2D eigenvalue weighted by atomic mass is 9.85. The van der Waals surface area contributed by atoms with Gasteiger partial charge in [0.2, 0.25) is 10.0 Å². The number of ether oxygens (including phenoxy) is 1. The molecule has 1 aromatic carbocycles. The molecule has 0 atom stereocenters. The molecule has 1 aliphatic heterocycles. The van der Waals surface area contributed by atoms with Crippen LogP contribution >= 0.6 is 0 Å². The molecule has 0 unspecified atom stereocenters. The number of rotatable bonds is 4. The Bertz CT molecular complexity index is 730. The molecule has 2 rings (SSSR count). The maximum absolute atomic E-state index is 12.4. The molecule has 0 radical (unpaired) electrons. The van der Waals surface area contributed by atoms with E-state index >= 15 is 0 Å². The van der Waals surface area contributed by atoms with E-state index in [2.05, 4.69) is 26.8 Å². The van der Waals surface area contributed by atoms with E-state index in [9.17, 15) is 13.2 Å².